The van der Waals surface area contributed by atoms with Crippen LogP contribution in [0.1, 0.15) is 31.7 Å². The van der Waals surface area contributed by atoms with Crippen LogP contribution in [0.25, 0.3) is 0 Å². The van der Waals surface area contributed by atoms with Gasteiger partial charge < -0.3 is 14.5 Å². The van der Waals surface area contributed by atoms with Crippen molar-refractivity contribution in [2.24, 2.45) is 5.92 Å². The molecule has 8 heteroatoms. The van der Waals surface area contributed by atoms with Gasteiger partial charge in [0.25, 0.3) is 0 Å². The third kappa shape index (κ3) is 3.64. The molecule has 1 aromatic rings. The van der Waals surface area contributed by atoms with Crippen molar-refractivity contribution in [3.05, 3.63) is 23.8 Å². The highest BCUT2D eigenvalue weighted by molar-refractivity contribution is 6.02. The van der Waals surface area contributed by atoms with Gasteiger partial charge >= 0.3 is 12.1 Å². The van der Waals surface area contributed by atoms with E-state index in [4.69, 9.17) is 4.74 Å². The highest BCUT2D eigenvalue weighted by Gasteiger charge is 2.39. The second-order valence-corrected chi connectivity index (χ2v) is 6.55. The Morgan fingerprint density at radius 2 is 1.92 bits per heavy atom. The lowest BCUT2D eigenvalue weighted by atomic mass is 10.1. The van der Waals surface area contributed by atoms with E-state index in [-0.39, 0.29) is 31.2 Å². The molecule has 0 unspecified atom stereocenters. The van der Waals surface area contributed by atoms with Crippen LogP contribution >= 0.6 is 0 Å². The quantitative estimate of drug-likeness (QED) is 0.764. The Morgan fingerprint density at radius 3 is 2.54 bits per heavy atom. The van der Waals surface area contributed by atoms with Crippen LogP contribution in [0.15, 0.2) is 18.2 Å². The van der Waals surface area contributed by atoms with Gasteiger partial charge in [0.2, 0.25) is 5.91 Å². The molecule has 0 N–H and O–H groups in total. The zero-order valence-corrected chi connectivity index (χ0v) is 14.5. The van der Waals surface area contributed by atoms with E-state index in [1.807, 2.05) is 4.90 Å². The Kier molecular flexibility index (Phi) is 5.11. The van der Waals surface area contributed by atoms with Gasteiger partial charge in [0.15, 0.2) is 0 Å². The van der Waals surface area contributed by atoms with E-state index < -0.39 is 23.6 Å². The summed E-state index contributed by atoms with van der Waals surface area (Å²) in [6.45, 7) is 3.39. The number of alkyl halides is 3. The van der Waals surface area contributed by atoms with E-state index in [2.05, 4.69) is 0 Å². The number of hydrogen-bond donors (Lipinski definition) is 0. The summed E-state index contributed by atoms with van der Waals surface area (Å²) < 4.78 is 44.5. The molecule has 2 saturated heterocycles. The van der Waals surface area contributed by atoms with E-state index in [1.54, 1.807) is 6.92 Å². The summed E-state index contributed by atoms with van der Waals surface area (Å²) in [5.41, 5.74) is 0.0229. The summed E-state index contributed by atoms with van der Waals surface area (Å²) in [6.07, 6.45) is -2.63. The molecule has 142 valence electrons. The maximum atomic E-state index is 13.2. The van der Waals surface area contributed by atoms with Gasteiger partial charge in [-0.25, -0.2) is 0 Å². The number of amides is 1. The lowest BCUT2D eigenvalue weighted by Gasteiger charge is -2.27. The molecule has 1 aromatic carbocycles. The zero-order chi connectivity index (χ0) is 18.9. The first-order valence-corrected chi connectivity index (χ1v) is 8.74. The second-order valence-electron chi connectivity index (χ2n) is 6.55. The number of benzene rings is 1. The summed E-state index contributed by atoms with van der Waals surface area (Å²) in [7, 11) is 0. The normalized spacial score (nSPS) is 20.8. The number of carbonyl (C=O) groups is 2. The van der Waals surface area contributed by atoms with Crippen molar-refractivity contribution in [3.8, 4) is 0 Å². The van der Waals surface area contributed by atoms with Crippen LogP contribution < -0.4 is 9.80 Å². The van der Waals surface area contributed by atoms with Gasteiger partial charge in [-0.2, -0.15) is 13.2 Å². The molecule has 2 aliphatic heterocycles. The topological polar surface area (TPSA) is 49.9 Å². The maximum Gasteiger partial charge on any atom is 0.416 e. The van der Waals surface area contributed by atoms with Crippen molar-refractivity contribution in [1.29, 1.82) is 0 Å². The SMILES string of the molecule is CCOC(=O)[C@H]1CC(=O)N(c2cc(C(F)(F)F)ccc2N2CCCC2)C1. The van der Waals surface area contributed by atoms with Gasteiger partial charge in [-0.15, -0.1) is 0 Å². The summed E-state index contributed by atoms with van der Waals surface area (Å²) >= 11 is 0. The summed E-state index contributed by atoms with van der Waals surface area (Å²) in [6, 6.07) is 3.48. The fourth-order valence-corrected chi connectivity index (χ4v) is 3.50. The van der Waals surface area contributed by atoms with Gasteiger partial charge in [-0.1, -0.05) is 0 Å². The predicted octanol–water partition coefficient (Wildman–Crippen LogP) is 3.22. The highest BCUT2D eigenvalue weighted by Crippen LogP contribution is 2.40. The first-order valence-electron chi connectivity index (χ1n) is 8.74. The Morgan fingerprint density at radius 1 is 1.23 bits per heavy atom. The van der Waals surface area contributed by atoms with Crippen LogP contribution in [0.2, 0.25) is 0 Å². The van der Waals surface area contributed by atoms with Crippen LogP contribution in [0.3, 0.4) is 0 Å². The van der Waals surface area contributed by atoms with Crippen LogP contribution in [0, 0.1) is 5.92 Å². The van der Waals surface area contributed by atoms with Crippen molar-refractivity contribution in [2.75, 3.05) is 36.0 Å². The van der Waals surface area contributed by atoms with E-state index in [0.29, 0.717) is 5.69 Å². The number of hydrogen-bond acceptors (Lipinski definition) is 4. The molecular weight excluding hydrogens is 349 g/mol. The first-order chi connectivity index (χ1) is 12.3. The average molecular weight is 370 g/mol. The number of esters is 1. The minimum atomic E-state index is -4.50. The van der Waals surface area contributed by atoms with Crippen molar-refractivity contribution < 1.29 is 27.5 Å². The number of halogens is 3. The molecule has 0 spiro atoms. The lowest BCUT2D eigenvalue weighted by molar-refractivity contribution is -0.147. The van der Waals surface area contributed by atoms with E-state index in [1.165, 1.54) is 11.0 Å². The molecule has 0 saturated carbocycles. The monoisotopic (exact) mass is 370 g/mol. The van der Waals surface area contributed by atoms with Crippen molar-refractivity contribution >= 4 is 23.3 Å². The molecule has 0 radical (unpaired) electrons. The lowest BCUT2D eigenvalue weighted by Crippen LogP contribution is -2.29. The number of nitrogens with zero attached hydrogens (tertiary/aromatic N) is 2. The Balaban J connectivity index is 1.96. The summed E-state index contributed by atoms with van der Waals surface area (Å²) in [5, 5.41) is 0. The minimum absolute atomic E-state index is 0.0415. The largest absolute Gasteiger partial charge is 0.466 e. The summed E-state index contributed by atoms with van der Waals surface area (Å²) in [5.74, 6) is -1.50. The van der Waals surface area contributed by atoms with Gasteiger partial charge in [0.05, 0.1) is 29.5 Å². The third-order valence-electron chi connectivity index (χ3n) is 4.79. The molecular formula is C18H21F3N2O3. The fourth-order valence-electron chi connectivity index (χ4n) is 3.50. The molecule has 1 amide bonds. The molecule has 1 atom stereocenters. The standard InChI is InChI=1S/C18H21F3N2O3/c1-2-26-17(25)12-9-16(24)23(11-12)15-10-13(18(19,20)21)5-6-14(15)22-7-3-4-8-22/h5-6,10,12H,2-4,7-9,11H2,1H3/t12-/m0/s1. The molecule has 0 aliphatic carbocycles. The van der Waals surface area contributed by atoms with E-state index in [9.17, 15) is 22.8 Å². The van der Waals surface area contributed by atoms with Gasteiger partial charge in [-0.05, 0) is 38.0 Å². The van der Waals surface area contributed by atoms with Crippen molar-refractivity contribution in [1.82, 2.24) is 0 Å². The Bertz CT molecular complexity index is 699. The van der Waals surface area contributed by atoms with Crippen molar-refractivity contribution in [2.45, 2.75) is 32.4 Å². The van der Waals surface area contributed by atoms with Crippen LogP contribution in [-0.4, -0.2) is 38.1 Å². The number of anilines is 2. The fraction of sp³-hybridized carbons (Fsp3) is 0.556. The Hall–Kier alpha value is -2.25. The number of ether oxygens (including phenoxy) is 1. The van der Waals surface area contributed by atoms with Gasteiger partial charge in [-0.3, -0.25) is 9.59 Å². The van der Waals surface area contributed by atoms with Crippen LogP contribution in [0.5, 0.6) is 0 Å². The highest BCUT2D eigenvalue weighted by atomic mass is 19.4. The minimum Gasteiger partial charge on any atom is -0.466 e. The molecule has 2 heterocycles. The van der Waals surface area contributed by atoms with Gasteiger partial charge in [0, 0.05) is 26.1 Å². The Labute approximate surface area is 149 Å². The smallest absolute Gasteiger partial charge is 0.416 e. The van der Waals surface area contributed by atoms with Crippen LogP contribution in [-0.2, 0) is 20.5 Å². The van der Waals surface area contributed by atoms with E-state index in [0.717, 1.165) is 38.1 Å². The molecule has 2 fully saturated rings. The first kappa shape index (κ1) is 18.5. The molecule has 2 aliphatic rings. The third-order valence-corrected chi connectivity index (χ3v) is 4.79. The van der Waals surface area contributed by atoms with E-state index >= 15 is 0 Å². The molecule has 5 nitrogen and oxygen atoms in total. The predicted molar refractivity (Wildman–Crippen MR) is 90.0 cm³/mol. The van der Waals surface area contributed by atoms with Gasteiger partial charge in [0.1, 0.15) is 0 Å². The summed E-state index contributed by atoms with van der Waals surface area (Å²) in [4.78, 5) is 27.7. The van der Waals surface area contributed by atoms with Crippen molar-refractivity contribution in [3.63, 3.8) is 0 Å². The second kappa shape index (κ2) is 7.17. The number of rotatable bonds is 4. The average Bonchev–Trinajstić information content (AvgIpc) is 3.23. The number of carbonyl (C=O) groups excluding carboxylic acids is 2. The maximum absolute atomic E-state index is 13.2. The molecule has 0 aromatic heterocycles. The molecule has 26 heavy (non-hydrogen) atoms. The molecule has 0 bridgehead atoms. The van der Waals surface area contributed by atoms with Crippen LogP contribution in [0.4, 0.5) is 24.5 Å². The molecule has 3 rings (SSSR count). The zero-order valence-electron chi connectivity index (χ0n) is 14.5.